The van der Waals surface area contributed by atoms with Gasteiger partial charge in [0, 0.05) is 5.69 Å². The highest BCUT2D eigenvalue weighted by Crippen LogP contribution is 2.31. The van der Waals surface area contributed by atoms with Crippen molar-refractivity contribution in [2.75, 3.05) is 11.1 Å². The first kappa shape index (κ1) is 14.4. The van der Waals surface area contributed by atoms with Crippen LogP contribution in [-0.4, -0.2) is 0 Å². The van der Waals surface area contributed by atoms with Crippen LogP contribution in [0.5, 0.6) is 0 Å². The molecule has 2 aromatic rings. The minimum Gasteiger partial charge on any atom is -0.397 e. The maximum Gasteiger partial charge on any atom is 0.0647 e. The third-order valence-electron chi connectivity index (χ3n) is 3.66. The molecule has 0 bridgehead atoms. The van der Waals surface area contributed by atoms with Gasteiger partial charge < -0.3 is 11.1 Å². The Bertz CT molecular complexity index is 602. The van der Waals surface area contributed by atoms with Crippen LogP contribution in [0.2, 0.25) is 0 Å². The molecule has 2 rings (SSSR count). The average molecular weight is 268 g/mol. The highest BCUT2D eigenvalue weighted by Gasteiger charge is 2.14. The quantitative estimate of drug-likeness (QED) is 0.758. The van der Waals surface area contributed by atoms with Gasteiger partial charge >= 0.3 is 0 Å². The summed E-state index contributed by atoms with van der Waals surface area (Å²) in [6.45, 7) is 10.9. The second-order valence-electron chi connectivity index (χ2n) is 6.44. The fraction of sp³-hybridized carbons (Fsp3) is 0.333. The molecule has 0 spiro atoms. The lowest BCUT2D eigenvalue weighted by atomic mass is 9.86. The third kappa shape index (κ3) is 2.96. The first-order valence-electron chi connectivity index (χ1n) is 7.02. The van der Waals surface area contributed by atoms with Gasteiger partial charge in [0.05, 0.1) is 11.4 Å². The summed E-state index contributed by atoms with van der Waals surface area (Å²) in [6, 6.07) is 12.5. The van der Waals surface area contributed by atoms with Crippen molar-refractivity contribution >= 4 is 17.1 Å². The Morgan fingerprint density at radius 3 is 2.20 bits per heavy atom. The summed E-state index contributed by atoms with van der Waals surface area (Å²) in [4.78, 5) is 0. The Hall–Kier alpha value is -1.96. The highest BCUT2D eigenvalue weighted by molar-refractivity contribution is 5.76. The van der Waals surface area contributed by atoms with Crippen molar-refractivity contribution in [3.63, 3.8) is 0 Å². The number of hydrogen-bond donors (Lipinski definition) is 2. The summed E-state index contributed by atoms with van der Waals surface area (Å²) >= 11 is 0. The maximum absolute atomic E-state index is 6.06. The molecule has 0 aromatic heterocycles. The Morgan fingerprint density at radius 2 is 1.65 bits per heavy atom. The molecule has 20 heavy (non-hydrogen) atoms. The molecule has 0 saturated heterocycles. The Labute approximate surface area is 122 Å². The van der Waals surface area contributed by atoms with Gasteiger partial charge in [-0.3, -0.25) is 0 Å². The molecule has 0 amide bonds. The number of nitrogens with one attached hydrogen (secondary N) is 1. The molecule has 0 saturated carbocycles. The third-order valence-corrected chi connectivity index (χ3v) is 3.66. The molecule has 3 N–H and O–H groups in total. The molecule has 0 fully saturated rings. The van der Waals surface area contributed by atoms with E-state index in [0.717, 1.165) is 22.6 Å². The van der Waals surface area contributed by atoms with Gasteiger partial charge in [-0.05, 0) is 48.1 Å². The highest BCUT2D eigenvalue weighted by atomic mass is 14.9. The van der Waals surface area contributed by atoms with E-state index >= 15 is 0 Å². The molecular formula is C18H24N2. The number of para-hydroxylation sites is 1. The second kappa shape index (κ2) is 5.20. The first-order chi connectivity index (χ1) is 9.29. The van der Waals surface area contributed by atoms with Gasteiger partial charge in [-0.1, -0.05) is 45.0 Å². The van der Waals surface area contributed by atoms with E-state index in [0.29, 0.717) is 0 Å². The zero-order chi connectivity index (χ0) is 14.9. The largest absolute Gasteiger partial charge is 0.397 e. The summed E-state index contributed by atoms with van der Waals surface area (Å²) in [5, 5.41) is 3.46. The first-order valence-corrected chi connectivity index (χ1v) is 7.02. The van der Waals surface area contributed by atoms with Gasteiger partial charge in [0.1, 0.15) is 0 Å². The molecule has 0 atom stereocenters. The van der Waals surface area contributed by atoms with E-state index in [9.17, 15) is 0 Å². The van der Waals surface area contributed by atoms with Gasteiger partial charge in [0.25, 0.3) is 0 Å². The van der Waals surface area contributed by atoms with E-state index < -0.39 is 0 Å². The van der Waals surface area contributed by atoms with Gasteiger partial charge in [-0.25, -0.2) is 0 Å². The number of benzene rings is 2. The Morgan fingerprint density at radius 1 is 0.950 bits per heavy atom. The van der Waals surface area contributed by atoms with Crippen molar-refractivity contribution in [2.45, 2.75) is 40.0 Å². The monoisotopic (exact) mass is 268 g/mol. The summed E-state index contributed by atoms with van der Waals surface area (Å²) in [6.07, 6.45) is 0. The molecule has 2 aromatic carbocycles. The van der Waals surface area contributed by atoms with E-state index in [4.69, 9.17) is 5.73 Å². The van der Waals surface area contributed by atoms with Gasteiger partial charge in [-0.2, -0.15) is 0 Å². The zero-order valence-corrected chi connectivity index (χ0v) is 13.0. The lowest BCUT2D eigenvalue weighted by Gasteiger charge is -2.21. The molecule has 0 radical (unpaired) electrons. The molecule has 2 heteroatoms. The number of nitrogens with two attached hydrogens (primary N) is 1. The lowest BCUT2D eigenvalue weighted by Crippen LogP contribution is -2.11. The van der Waals surface area contributed by atoms with Crippen molar-refractivity contribution in [3.8, 4) is 0 Å². The predicted octanol–water partition coefficient (Wildman–Crippen LogP) is 4.93. The number of nitrogen functional groups attached to an aromatic ring is 1. The van der Waals surface area contributed by atoms with E-state index in [1.54, 1.807) is 0 Å². The van der Waals surface area contributed by atoms with Crippen LogP contribution in [0.1, 0.15) is 37.5 Å². The molecular weight excluding hydrogens is 244 g/mol. The van der Waals surface area contributed by atoms with E-state index in [1.165, 1.54) is 11.1 Å². The molecule has 106 valence electrons. The summed E-state index contributed by atoms with van der Waals surface area (Å²) in [5.41, 5.74) is 12.9. The smallest absolute Gasteiger partial charge is 0.0647 e. The number of anilines is 3. The van der Waals surface area contributed by atoms with Crippen LogP contribution in [0.3, 0.4) is 0 Å². The molecule has 0 heterocycles. The SMILES string of the molecule is Cc1cc(C(C)(C)C)ccc1Nc1c(C)cccc1N. The Kier molecular flexibility index (Phi) is 3.76. The molecule has 2 nitrogen and oxygen atoms in total. The fourth-order valence-electron chi connectivity index (χ4n) is 2.27. The van der Waals surface area contributed by atoms with Gasteiger partial charge in [0.15, 0.2) is 0 Å². The van der Waals surface area contributed by atoms with Crippen LogP contribution in [-0.2, 0) is 5.41 Å². The van der Waals surface area contributed by atoms with Crippen LogP contribution >= 0.6 is 0 Å². The fourth-order valence-corrected chi connectivity index (χ4v) is 2.27. The minimum atomic E-state index is 0.172. The van der Waals surface area contributed by atoms with Crippen LogP contribution in [0.15, 0.2) is 36.4 Å². The van der Waals surface area contributed by atoms with Crippen molar-refractivity contribution in [1.29, 1.82) is 0 Å². The number of hydrogen-bond acceptors (Lipinski definition) is 2. The zero-order valence-electron chi connectivity index (χ0n) is 13.0. The molecule has 0 unspecified atom stereocenters. The second-order valence-corrected chi connectivity index (χ2v) is 6.44. The number of aryl methyl sites for hydroxylation is 2. The summed E-state index contributed by atoms with van der Waals surface area (Å²) < 4.78 is 0. The lowest BCUT2D eigenvalue weighted by molar-refractivity contribution is 0.590. The molecule has 0 aliphatic rings. The van der Waals surface area contributed by atoms with Crippen molar-refractivity contribution in [3.05, 3.63) is 53.1 Å². The maximum atomic E-state index is 6.06. The van der Waals surface area contributed by atoms with Crippen LogP contribution in [0, 0.1) is 13.8 Å². The van der Waals surface area contributed by atoms with Crippen LogP contribution in [0.4, 0.5) is 17.1 Å². The predicted molar refractivity (Wildman–Crippen MR) is 88.8 cm³/mol. The van der Waals surface area contributed by atoms with Gasteiger partial charge in [-0.15, -0.1) is 0 Å². The van der Waals surface area contributed by atoms with Crippen molar-refractivity contribution in [2.24, 2.45) is 0 Å². The Balaban J connectivity index is 2.36. The molecule has 0 aliphatic heterocycles. The summed E-state index contributed by atoms with van der Waals surface area (Å²) in [5.74, 6) is 0. The summed E-state index contributed by atoms with van der Waals surface area (Å²) in [7, 11) is 0. The van der Waals surface area contributed by atoms with Crippen LogP contribution in [0.25, 0.3) is 0 Å². The van der Waals surface area contributed by atoms with Crippen molar-refractivity contribution < 1.29 is 0 Å². The van der Waals surface area contributed by atoms with Gasteiger partial charge in [0.2, 0.25) is 0 Å². The van der Waals surface area contributed by atoms with E-state index in [1.807, 2.05) is 12.1 Å². The van der Waals surface area contributed by atoms with Crippen LogP contribution < -0.4 is 11.1 Å². The van der Waals surface area contributed by atoms with Crippen molar-refractivity contribution in [1.82, 2.24) is 0 Å². The normalized spacial score (nSPS) is 11.4. The number of rotatable bonds is 2. The average Bonchev–Trinajstić information content (AvgIpc) is 2.34. The topological polar surface area (TPSA) is 38.0 Å². The molecule has 0 aliphatic carbocycles. The standard InChI is InChI=1S/C18H24N2/c1-12-7-6-8-15(19)17(12)20-16-10-9-14(11-13(16)2)18(3,4)5/h6-11,20H,19H2,1-5H3. The van der Waals surface area contributed by atoms with E-state index in [2.05, 4.69) is 64.2 Å². The minimum absolute atomic E-state index is 0.172. The van der Waals surface area contributed by atoms with E-state index in [-0.39, 0.29) is 5.41 Å².